The number of pyridine rings is 1. The van der Waals surface area contributed by atoms with Gasteiger partial charge in [0, 0.05) is 30.5 Å². The van der Waals surface area contributed by atoms with Gasteiger partial charge in [0.05, 0.1) is 18.4 Å². The fourth-order valence-corrected chi connectivity index (χ4v) is 4.44. The molecule has 0 aliphatic heterocycles. The van der Waals surface area contributed by atoms with Crippen molar-refractivity contribution in [3.63, 3.8) is 0 Å². The molecule has 0 radical (unpaired) electrons. The van der Waals surface area contributed by atoms with Gasteiger partial charge in [-0.3, -0.25) is 4.98 Å². The predicted molar refractivity (Wildman–Crippen MR) is 118 cm³/mol. The van der Waals surface area contributed by atoms with Gasteiger partial charge in [0.2, 0.25) is 5.92 Å². The molecule has 5 nitrogen and oxygen atoms in total. The van der Waals surface area contributed by atoms with Gasteiger partial charge in [-0.15, -0.1) is 0 Å². The Morgan fingerprint density at radius 1 is 1.18 bits per heavy atom. The van der Waals surface area contributed by atoms with Crippen LogP contribution in [0.3, 0.4) is 0 Å². The zero-order valence-corrected chi connectivity index (χ0v) is 19.6. The molecule has 1 unspecified atom stereocenters. The minimum Gasteiger partial charge on any atom is -0.493 e. The zero-order valence-electron chi connectivity index (χ0n) is 18.1. The van der Waals surface area contributed by atoms with E-state index in [-0.39, 0.29) is 25.4 Å². The topological polar surface area (TPSA) is 60.0 Å². The lowest BCUT2D eigenvalue weighted by Gasteiger charge is -2.27. The number of hydrogen-bond donors (Lipinski definition) is 1. The maximum atomic E-state index is 13.8. The number of nitrogens with zero attached hydrogens (tertiary/aromatic N) is 2. The Kier molecular flexibility index (Phi) is 6.84. The van der Waals surface area contributed by atoms with E-state index in [0.717, 1.165) is 12.3 Å². The Hall–Kier alpha value is -2.69. The summed E-state index contributed by atoms with van der Waals surface area (Å²) in [7, 11) is 1.46. The highest BCUT2D eigenvalue weighted by Crippen LogP contribution is 2.42. The Morgan fingerprint density at radius 3 is 2.62 bits per heavy atom. The molecule has 2 aromatic heterocycles. The first kappa shape index (κ1) is 24.4. The van der Waals surface area contributed by atoms with E-state index in [0.29, 0.717) is 51.7 Å². The molecule has 34 heavy (non-hydrogen) atoms. The van der Waals surface area contributed by atoms with E-state index in [9.17, 15) is 22.0 Å². The van der Waals surface area contributed by atoms with Crippen LogP contribution in [-0.2, 0) is 12.8 Å². The molecule has 0 amide bonds. The minimum atomic E-state index is -4.45. The van der Waals surface area contributed by atoms with Crippen LogP contribution in [0.5, 0.6) is 11.5 Å². The smallest absolute Gasteiger partial charge is 0.417 e. The van der Waals surface area contributed by atoms with Gasteiger partial charge in [0.25, 0.3) is 0 Å². The van der Waals surface area contributed by atoms with Crippen LogP contribution in [0.2, 0.25) is 0 Å². The zero-order chi connectivity index (χ0) is 24.5. The standard InChI is InChI=1S/C23H21BrF5N3O2/c1-33-18-9-13(19-20(24)32-21(31-19)14-3-2-8-22(25,26)10-14)4-7-17(18)34-12-16-6-5-15(11-30-16)23(27,28)29/h4-7,9,11,14H,2-3,8,10,12H2,1H3,(H,31,32). The summed E-state index contributed by atoms with van der Waals surface area (Å²) in [5.74, 6) is -1.78. The fraction of sp³-hybridized carbons (Fsp3) is 0.391. The summed E-state index contributed by atoms with van der Waals surface area (Å²) in [4.78, 5) is 11.4. The van der Waals surface area contributed by atoms with E-state index in [2.05, 4.69) is 30.9 Å². The van der Waals surface area contributed by atoms with E-state index >= 15 is 0 Å². The van der Waals surface area contributed by atoms with Gasteiger partial charge in [-0.2, -0.15) is 13.2 Å². The maximum absolute atomic E-state index is 13.8. The Bertz CT molecular complexity index is 1150. The second kappa shape index (κ2) is 9.52. The third kappa shape index (κ3) is 5.51. The number of nitrogens with one attached hydrogen (secondary N) is 1. The molecule has 1 N–H and O–H groups in total. The van der Waals surface area contributed by atoms with Crippen molar-refractivity contribution in [2.24, 2.45) is 0 Å². The predicted octanol–water partition coefficient (Wildman–Crippen LogP) is 7.13. The second-order valence-corrected chi connectivity index (χ2v) is 8.92. The van der Waals surface area contributed by atoms with E-state index < -0.39 is 17.7 Å². The van der Waals surface area contributed by atoms with Gasteiger partial charge in [0.1, 0.15) is 22.7 Å². The van der Waals surface area contributed by atoms with Crippen LogP contribution in [0.25, 0.3) is 11.3 Å². The number of aromatic amines is 1. The lowest BCUT2D eigenvalue weighted by Crippen LogP contribution is -2.25. The van der Waals surface area contributed by atoms with E-state index in [1.165, 1.54) is 13.2 Å². The number of hydrogen-bond acceptors (Lipinski definition) is 4. The van der Waals surface area contributed by atoms with Crippen molar-refractivity contribution in [1.29, 1.82) is 0 Å². The van der Waals surface area contributed by atoms with Crippen LogP contribution in [0.15, 0.2) is 41.1 Å². The molecule has 4 rings (SSSR count). The van der Waals surface area contributed by atoms with Crippen molar-refractivity contribution in [1.82, 2.24) is 15.0 Å². The SMILES string of the molecule is COc1cc(-c2nc(C3CCCC(F)(F)C3)[nH]c2Br)ccc1OCc1ccc(C(F)(F)F)cn1. The number of imidazole rings is 1. The average molecular weight is 546 g/mol. The van der Waals surface area contributed by atoms with Crippen molar-refractivity contribution in [3.05, 3.63) is 58.2 Å². The molecule has 0 bridgehead atoms. The number of methoxy groups -OCH3 is 1. The number of aromatic nitrogens is 3. The molecule has 2 heterocycles. The van der Waals surface area contributed by atoms with Gasteiger partial charge in [-0.25, -0.2) is 13.8 Å². The summed E-state index contributed by atoms with van der Waals surface area (Å²) < 4.78 is 77.4. The van der Waals surface area contributed by atoms with Gasteiger partial charge in [-0.1, -0.05) is 0 Å². The summed E-state index contributed by atoms with van der Waals surface area (Å²) in [6, 6.07) is 7.27. The van der Waals surface area contributed by atoms with Gasteiger partial charge in [-0.05, 0) is 59.1 Å². The van der Waals surface area contributed by atoms with Crippen LogP contribution < -0.4 is 9.47 Å². The van der Waals surface area contributed by atoms with E-state index in [1.54, 1.807) is 18.2 Å². The van der Waals surface area contributed by atoms with Crippen LogP contribution in [-0.4, -0.2) is 28.0 Å². The van der Waals surface area contributed by atoms with E-state index in [1.807, 2.05) is 0 Å². The van der Waals surface area contributed by atoms with E-state index in [4.69, 9.17) is 9.47 Å². The molecule has 0 spiro atoms. The Balaban J connectivity index is 1.50. The fourth-order valence-electron chi connectivity index (χ4n) is 3.92. The number of halogens is 6. The van der Waals surface area contributed by atoms with Crippen LogP contribution in [0.4, 0.5) is 22.0 Å². The molecule has 1 fully saturated rings. The minimum absolute atomic E-state index is 0.0556. The third-order valence-corrected chi connectivity index (χ3v) is 6.24. The Morgan fingerprint density at radius 2 is 1.97 bits per heavy atom. The van der Waals surface area contributed by atoms with Crippen molar-refractivity contribution in [3.8, 4) is 22.8 Å². The molecular formula is C23H21BrF5N3O2. The molecule has 1 aliphatic carbocycles. The molecule has 0 saturated heterocycles. The molecular weight excluding hydrogens is 525 g/mol. The molecule has 3 aromatic rings. The van der Waals surface area contributed by atoms with Crippen LogP contribution >= 0.6 is 15.9 Å². The highest BCUT2D eigenvalue weighted by molar-refractivity contribution is 9.10. The summed E-state index contributed by atoms with van der Waals surface area (Å²) in [6.07, 6.45) is -2.95. The lowest BCUT2D eigenvalue weighted by molar-refractivity contribution is -0.137. The molecule has 1 saturated carbocycles. The van der Waals surface area contributed by atoms with Crippen LogP contribution in [0.1, 0.15) is 48.7 Å². The summed E-state index contributed by atoms with van der Waals surface area (Å²) >= 11 is 3.43. The number of rotatable bonds is 6. The summed E-state index contributed by atoms with van der Waals surface area (Å²) in [5.41, 5.74) is 0.717. The highest BCUT2D eigenvalue weighted by atomic mass is 79.9. The summed E-state index contributed by atoms with van der Waals surface area (Å²) in [5, 5.41) is 0. The van der Waals surface area contributed by atoms with Gasteiger partial charge in [0.15, 0.2) is 11.5 Å². The lowest BCUT2D eigenvalue weighted by atomic mass is 9.86. The molecule has 11 heteroatoms. The van der Waals surface area contributed by atoms with Crippen molar-refractivity contribution in [2.75, 3.05) is 7.11 Å². The maximum Gasteiger partial charge on any atom is 0.417 e. The van der Waals surface area contributed by atoms with Crippen molar-refractivity contribution < 1.29 is 31.4 Å². The highest BCUT2D eigenvalue weighted by Gasteiger charge is 2.38. The van der Waals surface area contributed by atoms with Crippen molar-refractivity contribution in [2.45, 2.75) is 50.3 Å². The first-order valence-corrected chi connectivity index (χ1v) is 11.3. The number of H-pyrrole nitrogens is 1. The first-order chi connectivity index (χ1) is 16.1. The average Bonchev–Trinajstić information content (AvgIpc) is 3.18. The molecule has 1 aliphatic rings. The molecule has 182 valence electrons. The largest absolute Gasteiger partial charge is 0.493 e. The van der Waals surface area contributed by atoms with Crippen molar-refractivity contribution >= 4 is 15.9 Å². The van der Waals surface area contributed by atoms with Crippen LogP contribution in [0, 0.1) is 0 Å². The first-order valence-electron chi connectivity index (χ1n) is 10.5. The third-order valence-electron chi connectivity index (χ3n) is 5.67. The second-order valence-electron chi connectivity index (χ2n) is 8.12. The number of alkyl halides is 5. The quantitative estimate of drug-likeness (QED) is 0.334. The van der Waals surface area contributed by atoms with Gasteiger partial charge >= 0.3 is 6.18 Å². The molecule has 1 atom stereocenters. The Labute approximate surface area is 200 Å². The number of ether oxygens (including phenoxy) is 2. The number of benzene rings is 1. The summed E-state index contributed by atoms with van der Waals surface area (Å²) in [6.45, 7) is -0.0556. The van der Waals surface area contributed by atoms with Gasteiger partial charge < -0.3 is 14.5 Å². The monoisotopic (exact) mass is 545 g/mol. The normalized spacial score (nSPS) is 18.0. The molecule has 1 aromatic carbocycles.